The lowest BCUT2D eigenvalue weighted by molar-refractivity contribution is -0.134. The molecular formula is C19H22ClN3O5S. The number of hydrogen-bond donors (Lipinski definition) is 0. The number of benzene rings is 1. The van der Waals surface area contributed by atoms with E-state index in [2.05, 4.69) is 5.10 Å². The summed E-state index contributed by atoms with van der Waals surface area (Å²) in [6.07, 6.45) is 0.385. The second-order valence-corrected chi connectivity index (χ2v) is 9.62. The summed E-state index contributed by atoms with van der Waals surface area (Å²) in [6, 6.07) is 9.13. The second-order valence-electron chi connectivity index (χ2n) is 7.03. The molecule has 1 atom stereocenters. The van der Waals surface area contributed by atoms with E-state index in [4.69, 9.17) is 16.3 Å². The second kappa shape index (κ2) is 8.54. The molecule has 0 spiro atoms. The number of nitrogens with zero attached hydrogens (tertiary/aromatic N) is 3. The monoisotopic (exact) mass is 439 g/mol. The van der Waals surface area contributed by atoms with E-state index in [1.165, 1.54) is 16.6 Å². The average molecular weight is 440 g/mol. The zero-order valence-corrected chi connectivity index (χ0v) is 17.7. The van der Waals surface area contributed by atoms with Gasteiger partial charge in [-0.15, -0.1) is 0 Å². The van der Waals surface area contributed by atoms with Crippen LogP contribution in [0.4, 0.5) is 0 Å². The van der Waals surface area contributed by atoms with Crippen LogP contribution in [0.15, 0.2) is 30.3 Å². The number of carbonyl (C=O) groups excluding carboxylic acids is 2. The molecule has 10 heteroatoms. The van der Waals surface area contributed by atoms with Crippen molar-refractivity contribution in [2.75, 3.05) is 25.2 Å². The maximum atomic E-state index is 12.5. The van der Waals surface area contributed by atoms with Crippen molar-refractivity contribution in [3.8, 4) is 0 Å². The first kappa shape index (κ1) is 21.3. The third-order valence-corrected chi connectivity index (χ3v) is 7.06. The van der Waals surface area contributed by atoms with E-state index < -0.39 is 34.4 Å². The fourth-order valence-corrected chi connectivity index (χ4v) is 5.32. The minimum atomic E-state index is -3.11. The maximum absolute atomic E-state index is 12.5. The predicted octanol–water partition coefficient (Wildman–Crippen LogP) is 1.70. The van der Waals surface area contributed by atoms with Crippen molar-refractivity contribution in [1.29, 1.82) is 0 Å². The quantitative estimate of drug-likeness (QED) is 0.635. The van der Waals surface area contributed by atoms with Crippen LogP contribution in [-0.2, 0) is 25.9 Å². The van der Waals surface area contributed by atoms with Crippen molar-refractivity contribution in [3.63, 3.8) is 0 Å². The van der Waals surface area contributed by atoms with E-state index in [0.717, 1.165) is 5.56 Å². The number of esters is 1. The number of hydrogen-bond acceptors (Lipinski definition) is 6. The van der Waals surface area contributed by atoms with E-state index >= 15 is 0 Å². The van der Waals surface area contributed by atoms with Crippen LogP contribution in [0.1, 0.15) is 28.0 Å². The summed E-state index contributed by atoms with van der Waals surface area (Å²) in [5, 5.41) is 4.43. The topological polar surface area (TPSA) is 98.6 Å². The van der Waals surface area contributed by atoms with Gasteiger partial charge >= 0.3 is 5.97 Å². The Balaban J connectivity index is 1.63. The van der Waals surface area contributed by atoms with Gasteiger partial charge in [-0.2, -0.15) is 5.10 Å². The number of aryl methyl sites for hydroxylation is 1. The molecule has 2 aromatic rings. The number of halogens is 1. The average Bonchev–Trinajstić information content (AvgIpc) is 3.18. The molecule has 3 rings (SSSR count). The van der Waals surface area contributed by atoms with Gasteiger partial charge < -0.3 is 9.64 Å². The van der Waals surface area contributed by atoms with Crippen LogP contribution in [0, 0.1) is 6.92 Å². The van der Waals surface area contributed by atoms with Gasteiger partial charge in [0.15, 0.2) is 16.4 Å². The Labute approximate surface area is 174 Å². The van der Waals surface area contributed by atoms with Crippen LogP contribution in [0.2, 0.25) is 5.15 Å². The molecule has 0 saturated carbocycles. The van der Waals surface area contributed by atoms with Crippen molar-refractivity contribution in [1.82, 2.24) is 14.7 Å². The SMILES string of the molecule is Cc1nn(Cc2ccccc2)c(Cl)c1C(=O)OCC(=O)N(C)C1CCS(=O)(=O)C1. The van der Waals surface area contributed by atoms with E-state index in [1.54, 1.807) is 6.92 Å². The van der Waals surface area contributed by atoms with Gasteiger partial charge in [0.1, 0.15) is 10.7 Å². The van der Waals surface area contributed by atoms with Gasteiger partial charge in [0.25, 0.3) is 5.91 Å². The highest BCUT2D eigenvalue weighted by atomic mass is 35.5. The first-order valence-electron chi connectivity index (χ1n) is 9.08. The maximum Gasteiger partial charge on any atom is 0.343 e. The standard InChI is InChI=1S/C19H22ClN3O5S/c1-13-17(18(20)23(21-13)10-14-6-4-3-5-7-14)19(25)28-11-16(24)22(2)15-8-9-29(26,27)12-15/h3-7,15H,8-12H2,1-2H3. The molecule has 29 heavy (non-hydrogen) atoms. The number of rotatable bonds is 6. The van der Waals surface area contributed by atoms with Gasteiger partial charge in [-0.25, -0.2) is 17.9 Å². The van der Waals surface area contributed by atoms with Crippen LogP contribution in [0.25, 0.3) is 0 Å². The molecule has 0 aliphatic carbocycles. The van der Waals surface area contributed by atoms with Crippen molar-refractivity contribution < 1.29 is 22.7 Å². The van der Waals surface area contributed by atoms with Gasteiger partial charge in [0.2, 0.25) is 0 Å². The van der Waals surface area contributed by atoms with Crippen LogP contribution < -0.4 is 0 Å². The smallest absolute Gasteiger partial charge is 0.343 e. The molecule has 1 fully saturated rings. The van der Waals surface area contributed by atoms with Crippen LogP contribution in [0.5, 0.6) is 0 Å². The van der Waals surface area contributed by atoms with E-state index in [1.807, 2.05) is 30.3 Å². The molecule has 1 aliphatic heterocycles. The minimum Gasteiger partial charge on any atom is -0.452 e. The predicted molar refractivity (Wildman–Crippen MR) is 108 cm³/mol. The Kier molecular flexibility index (Phi) is 6.28. The first-order chi connectivity index (χ1) is 13.7. The lowest BCUT2D eigenvalue weighted by Crippen LogP contribution is -2.40. The number of ether oxygens (including phenoxy) is 1. The van der Waals surface area contributed by atoms with Crippen molar-refractivity contribution in [3.05, 3.63) is 52.3 Å². The summed E-state index contributed by atoms with van der Waals surface area (Å²) < 4.78 is 29.8. The lowest BCUT2D eigenvalue weighted by atomic mass is 10.2. The number of amides is 1. The van der Waals surface area contributed by atoms with Crippen molar-refractivity contribution >= 4 is 33.3 Å². The molecule has 1 unspecified atom stereocenters. The lowest BCUT2D eigenvalue weighted by Gasteiger charge is -2.23. The Bertz CT molecular complexity index is 1020. The third-order valence-electron chi connectivity index (χ3n) is 4.92. The highest BCUT2D eigenvalue weighted by Crippen LogP contribution is 2.22. The molecule has 2 heterocycles. The molecule has 1 aromatic carbocycles. The van der Waals surface area contributed by atoms with Crippen LogP contribution in [0.3, 0.4) is 0 Å². The number of sulfone groups is 1. The fourth-order valence-electron chi connectivity index (χ4n) is 3.23. The Morgan fingerprint density at radius 3 is 2.62 bits per heavy atom. The molecule has 1 aromatic heterocycles. The Morgan fingerprint density at radius 1 is 1.31 bits per heavy atom. The Morgan fingerprint density at radius 2 is 2.00 bits per heavy atom. The highest BCUT2D eigenvalue weighted by molar-refractivity contribution is 7.91. The molecule has 0 radical (unpaired) electrons. The summed E-state index contributed by atoms with van der Waals surface area (Å²) in [5.41, 5.74) is 1.49. The van der Waals surface area contributed by atoms with E-state index in [-0.39, 0.29) is 22.2 Å². The number of carbonyl (C=O) groups is 2. The summed E-state index contributed by atoms with van der Waals surface area (Å²) in [4.78, 5) is 26.1. The number of likely N-dealkylation sites (N-methyl/N-ethyl adjacent to an activating group) is 1. The Hall–Kier alpha value is -2.39. The summed E-state index contributed by atoms with van der Waals surface area (Å²) in [7, 11) is -1.60. The molecule has 1 amide bonds. The van der Waals surface area contributed by atoms with Crippen molar-refractivity contribution in [2.45, 2.75) is 25.9 Å². The van der Waals surface area contributed by atoms with E-state index in [0.29, 0.717) is 18.7 Å². The zero-order chi connectivity index (χ0) is 21.2. The van der Waals surface area contributed by atoms with Gasteiger partial charge in [-0.05, 0) is 18.9 Å². The minimum absolute atomic E-state index is 0.0600. The first-order valence-corrected chi connectivity index (χ1v) is 11.3. The fraction of sp³-hybridized carbons (Fsp3) is 0.421. The van der Waals surface area contributed by atoms with E-state index in [9.17, 15) is 18.0 Å². The molecule has 0 N–H and O–H groups in total. The third kappa shape index (κ3) is 4.97. The van der Waals surface area contributed by atoms with Gasteiger partial charge in [-0.1, -0.05) is 41.9 Å². The van der Waals surface area contributed by atoms with Crippen LogP contribution >= 0.6 is 11.6 Å². The molecular weight excluding hydrogens is 418 g/mol. The van der Waals surface area contributed by atoms with Crippen molar-refractivity contribution in [2.24, 2.45) is 0 Å². The molecule has 1 aliphatic rings. The molecule has 1 saturated heterocycles. The molecule has 0 bridgehead atoms. The summed E-state index contributed by atoms with van der Waals surface area (Å²) >= 11 is 6.32. The van der Waals surface area contributed by atoms with Crippen LogP contribution in [-0.4, -0.2) is 66.2 Å². The molecule has 156 valence electrons. The highest BCUT2D eigenvalue weighted by Gasteiger charge is 2.33. The van der Waals surface area contributed by atoms with Gasteiger partial charge in [0, 0.05) is 13.1 Å². The molecule has 8 nitrogen and oxygen atoms in total. The normalized spacial score (nSPS) is 17.8. The number of aromatic nitrogens is 2. The zero-order valence-electron chi connectivity index (χ0n) is 16.2. The summed E-state index contributed by atoms with van der Waals surface area (Å²) in [6.45, 7) is 1.54. The van der Waals surface area contributed by atoms with Gasteiger partial charge in [0.05, 0.1) is 23.7 Å². The largest absolute Gasteiger partial charge is 0.452 e. The van der Waals surface area contributed by atoms with Gasteiger partial charge in [-0.3, -0.25) is 4.79 Å². The summed E-state index contributed by atoms with van der Waals surface area (Å²) in [5.74, 6) is -1.22.